The van der Waals surface area contributed by atoms with Gasteiger partial charge < -0.3 is 29.7 Å². The van der Waals surface area contributed by atoms with Gasteiger partial charge in [-0.1, -0.05) is 32.4 Å². The van der Waals surface area contributed by atoms with Crippen molar-refractivity contribution < 1.29 is 50.6 Å². The lowest BCUT2D eigenvalue weighted by molar-refractivity contribution is -0.142. The highest BCUT2D eigenvalue weighted by Gasteiger charge is 2.47. The zero-order valence-corrected chi connectivity index (χ0v) is 31.0. The second kappa shape index (κ2) is 15.3. The summed E-state index contributed by atoms with van der Waals surface area (Å²) in [5.41, 5.74) is -1.82. The molecule has 1 aliphatic heterocycles. The Morgan fingerprint density at radius 1 is 1.06 bits per heavy atom. The number of hydrogen-bond acceptors (Lipinski definition) is 10. The van der Waals surface area contributed by atoms with E-state index in [1.54, 1.807) is 64.5 Å². The molecule has 0 radical (unpaired) electrons. The first-order valence-electron chi connectivity index (χ1n) is 16.3. The van der Waals surface area contributed by atoms with Crippen LogP contribution in [0.2, 0.25) is 5.02 Å². The molecule has 4 atom stereocenters. The molecular formula is C33H44ClF2N5O9S. The van der Waals surface area contributed by atoms with E-state index in [4.69, 9.17) is 25.8 Å². The number of benzene rings is 1. The number of carbonyl (C=O) groups excluding carboxylic acids is 4. The number of nitrogens with zero attached hydrogens (tertiary/aromatic N) is 2. The lowest BCUT2D eigenvalue weighted by atomic mass is 9.85. The Morgan fingerprint density at radius 2 is 1.73 bits per heavy atom. The molecule has 282 valence electrons. The standard InChI is InChI=1S/C33H44ClF2N5O9S/c1-32(2,3)26(39-31(45)50-33(4,5)6)30(44)41-16-18(49-29-21-12-17(34)8-11-20(21)24(48-7)15-37-29)13-23(41)28(43)38-22(14-25(35)36)27(42)40-51(46,47)19-9-10-19/h8,11-12,15,18-19,22-23,25-26H,9-10,13-14,16H2,1-7H3,(H,38,43)(H,39,45)(H,40,42)/t18-,22+,23+,26-/m1/s1. The number of pyridine rings is 1. The van der Waals surface area contributed by atoms with Crippen molar-refractivity contribution in [2.45, 2.75) is 109 Å². The largest absolute Gasteiger partial charge is 0.494 e. The van der Waals surface area contributed by atoms with Crippen molar-refractivity contribution in [3.05, 3.63) is 29.4 Å². The van der Waals surface area contributed by atoms with Gasteiger partial charge in [0.15, 0.2) is 0 Å². The van der Waals surface area contributed by atoms with Gasteiger partial charge in [-0.2, -0.15) is 0 Å². The number of aromatic nitrogens is 1. The minimum absolute atomic E-state index is 0.103. The van der Waals surface area contributed by atoms with Crippen LogP contribution in [0.4, 0.5) is 13.6 Å². The number of rotatable bonds is 12. The van der Waals surface area contributed by atoms with Gasteiger partial charge in [-0.05, 0) is 57.2 Å². The number of ether oxygens (including phenoxy) is 3. The summed E-state index contributed by atoms with van der Waals surface area (Å²) in [6, 6.07) is 0.361. The van der Waals surface area contributed by atoms with Crippen molar-refractivity contribution in [1.82, 2.24) is 25.2 Å². The molecule has 1 aromatic heterocycles. The van der Waals surface area contributed by atoms with Crippen LogP contribution in [-0.2, 0) is 29.1 Å². The van der Waals surface area contributed by atoms with Crippen molar-refractivity contribution >= 4 is 56.2 Å². The number of alkyl carbamates (subject to hydrolysis) is 1. The van der Waals surface area contributed by atoms with Gasteiger partial charge in [-0.3, -0.25) is 19.1 Å². The summed E-state index contributed by atoms with van der Waals surface area (Å²) in [5, 5.41) is 5.46. The number of fused-ring (bicyclic) bond motifs is 1. The summed E-state index contributed by atoms with van der Waals surface area (Å²) in [6.07, 6.45) is -4.22. The maximum atomic E-state index is 14.3. The molecule has 2 aromatic rings. The quantitative estimate of drug-likeness (QED) is 0.287. The zero-order chi connectivity index (χ0) is 38.1. The maximum absolute atomic E-state index is 14.3. The predicted octanol–water partition coefficient (Wildman–Crippen LogP) is 3.93. The Kier molecular flexibility index (Phi) is 12.0. The number of methoxy groups -OCH3 is 1. The van der Waals surface area contributed by atoms with E-state index in [9.17, 15) is 36.4 Å². The molecule has 0 unspecified atom stereocenters. The van der Waals surface area contributed by atoms with Crippen LogP contribution in [0.15, 0.2) is 24.4 Å². The third-order valence-electron chi connectivity index (χ3n) is 8.15. The Bertz CT molecular complexity index is 1760. The second-order valence-corrected chi connectivity index (χ2v) is 17.0. The fraction of sp³-hybridized carbons (Fsp3) is 0.606. The summed E-state index contributed by atoms with van der Waals surface area (Å²) in [4.78, 5) is 59.5. The first kappa shape index (κ1) is 39.8. The Labute approximate surface area is 300 Å². The minimum atomic E-state index is -4.13. The summed E-state index contributed by atoms with van der Waals surface area (Å²) >= 11 is 6.26. The predicted molar refractivity (Wildman–Crippen MR) is 183 cm³/mol. The van der Waals surface area contributed by atoms with Gasteiger partial charge in [0.25, 0.3) is 5.91 Å². The number of amides is 4. The van der Waals surface area contributed by atoms with Crippen molar-refractivity contribution in [3.63, 3.8) is 0 Å². The Hall–Kier alpha value is -3.99. The molecule has 1 aliphatic carbocycles. The zero-order valence-electron chi connectivity index (χ0n) is 29.4. The number of alkyl halides is 2. The molecule has 4 rings (SSSR count). The highest BCUT2D eigenvalue weighted by Crippen LogP contribution is 2.35. The molecule has 1 aromatic carbocycles. The molecule has 14 nitrogen and oxygen atoms in total. The monoisotopic (exact) mass is 759 g/mol. The van der Waals surface area contributed by atoms with E-state index < -0.39 is 87.2 Å². The van der Waals surface area contributed by atoms with Gasteiger partial charge in [-0.25, -0.2) is 27.0 Å². The molecular weight excluding hydrogens is 716 g/mol. The Morgan fingerprint density at radius 3 is 2.29 bits per heavy atom. The molecule has 0 spiro atoms. The summed E-state index contributed by atoms with van der Waals surface area (Å²) in [7, 11) is -2.66. The van der Waals surface area contributed by atoms with E-state index in [1.165, 1.54) is 13.3 Å². The van der Waals surface area contributed by atoms with Crippen LogP contribution < -0.4 is 24.8 Å². The fourth-order valence-corrected chi connectivity index (χ4v) is 7.06. The third-order valence-corrected chi connectivity index (χ3v) is 10.2. The number of halogens is 3. The smallest absolute Gasteiger partial charge is 0.408 e. The van der Waals surface area contributed by atoms with Gasteiger partial charge in [0.1, 0.15) is 35.6 Å². The van der Waals surface area contributed by atoms with Crippen LogP contribution in [0.25, 0.3) is 10.8 Å². The number of nitrogens with one attached hydrogen (secondary N) is 3. The van der Waals surface area contributed by atoms with Crippen molar-refractivity contribution in [3.8, 4) is 11.6 Å². The summed E-state index contributed by atoms with van der Waals surface area (Å²) in [6.45, 7) is 9.78. The SMILES string of the molecule is COc1cnc(O[C@@H]2C[C@@H](C(=O)N[C@@H](CC(F)F)C(=O)NS(=O)(=O)C3CC3)N(C(=O)[C@@H](NC(=O)OC(C)(C)C)C(C)(C)C)C2)c2cc(Cl)ccc12. The van der Waals surface area contributed by atoms with Crippen LogP contribution in [0.3, 0.4) is 0 Å². The normalized spacial score (nSPS) is 19.3. The van der Waals surface area contributed by atoms with E-state index in [1.807, 2.05) is 0 Å². The molecule has 51 heavy (non-hydrogen) atoms. The molecule has 4 amide bonds. The second-order valence-electron chi connectivity index (χ2n) is 14.6. The van der Waals surface area contributed by atoms with E-state index >= 15 is 0 Å². The lowest BCUT2D eigenvalue weighted by Crippen LogP contribution is -2.59. The molecule has 2 fully saturated rings. The summed E-state index contributed by atoms with van der Waals surface area (Å²) < 4.78 is 70.9. The number of carbonyl (C=O) groups is 4. The average molecular weight is 760 g/mol. The first-order valence-corrected chi connectivity index (χ1v) is 18.2. The van der Waals surface area contributed by atoms with Crippen molar-refractivity contribution in [2.24, 2.45) is 5.41 Å². The van der Waals surface area contributed by atoms with Crippen LogP contribution in [0.1, 0.15) is 67.2 Å². The number of hydrogen-bond donors (Lipinski definition) is 3. The van der Waals surface area contributed by atoms with E-state index in [0.717, 1.165) is 4.90 Å². The van der Waals surface area contributed by atoms with Gasteiger partial charge >= 0.3 is 6.09 Å². The fourth-order valence-electron chi connectivity index (χ4n) is 5.54. The van der Waals surface area contributed by atoms with Crippen molar-refractivity contribution in [2.75, 3.05) is 13.7 Å². The van der Waals surface area contributed by atoms with Crippen LogP contribution >= 0.6 is 11.6 Å². The molecule has 18 heteroatoms. The number of sulfonamides is 1. The minimum Gasteiger partial charge on any atom is -0.494 e. The summed E-state index contributed by atoms with van der Waals surface area (Å²) in [5.74, 6) is -2.53. The Balaban J connectivity index is 1.67. The van der Waals surface area contributed by atoms with Gasteiger partial charge in [-0.15, -0.1) is 0 Å². The molecule has 0 bridgehead atoms. The molecule has 3 N–H and O–H groups in total. The molecule has 2 heterocycles. The average Bonchev–Trinajstić information content (AvgIpc) is 3.78. The molecule has 1 saturated heterocycles. The van der Waals surface area contributed by atoms with Gasteiger partial charge in [0.05, 0.1) is 25.1 Å². The van der Waals surface area contributed by atoms with Crippen LogP contribution in [-0.4, -0.2) is 97.3 Å². The van der Waals surface area contributed by atoms with E-state index in [0.29, 0.717) is 34.4 Å². The van der Waals surface area contributed by atoms with Gasteiger partial charge in [0.2, 0.25) is 34.1 Å². The van der Waals surface area contributed by atoms with Crippen LogP contribution in [0.5, 0.6) is 11.6 Å². The highest BCUT2D eigenvalue weighted by atomic mass is 35.5. The highest BCUT2D eigenvalue weighted by molar-refractivity contribution is 7.90. The van der Waals surface area contributed by atoms with Crippen LogP contribution in [0, 0.1) is 5.41 Å². The van der Waals surface area contributed by atoms with Gasteiger partial charge in [0, 0.05) is 28.6 Å². The first-order chi connectivity index (χ1) is 23.6. The number of likely N-dealkylation sites (tertiary alicyclic amines) is 1. The van der Waals surface area contributed by atoms with E-state index in [-0.39, 0.29) is 18.8 Å². The lowest BCUT2D eigenvalue weighted by Gasteiger charge is -2.35. The van der Waals surface area contributed by atoms with E-state index in [2.05, 4.69) is 15.6 Å². The molecule has 1 saturated carbocycles. The van der Waals surface area contributed by atoms with Crippen molar-refractivity contribution in [1.29, 1.82) is 0 Å². The third kappa shape index (κ3) is 10.3. The molecule has 2 aliphatic rings. The maximum Gasteiger partial charge on any atom is 0.408 e. The topological polar surface area (TPSA) is 182 Å².